The van der Waals surface area contributed by atoms with E-state index in [4.69, 9.17) is 9.72 Å². The van der Waals surface area contributed by atoms with Crippen molar-refractivity contribution in [3.05, 3.63) is 60.0 Å². The molecule has 1 amide bonds. The summed E-state index contributed by atoms with van der Waals surface area (Å²) in [4.78, 5) is 17.0. The van der Waals surface area contributed by atoms with E-state index >= 15 is 0 Å². The van der Waals surface area contributed by atoms with Crippen molar-refractivity contribution in [1.29, 1.82) is 0 Å². The van der Waals surface area contributed by atoms with Crippen molar-refractivity contribution in [3.8, 4) is 21.8 Å². The molecule has 4 rings (SSSR count). The number of nitrogens with one attached hydrogen (secondary N) is 1. The summed E-state index contributed by atoms with van der Waals surface area (Å²) in [6.07, 6.45) is 0.790. The molecule has 0 unspecified atom stereocenters. The lowest BCUT2D eigenvalue weighted by Crippen LogP contribution is -2.22. The number of carbonyl (C=O) groups is 1. The number of rotatable bonds is 4. The zero-order valence-electron chi connectivity index (χ0n) is 13.6. The van der Waals surface area contributed by atoms with Crippen LogP contribution in [0.2, 0.25) is 0 Å². The Kier molecular flexibility index (Phi) is 4.59. The molecule has 0 saturated carbocycles. The molecule has 126 valence electrons. The van der Waals surface area contributed by atoms with E-state index < -0.39 is 0 Å². The van der Waals surface area contributed by atoms with Crippen LogP contribution in [0, 0.1) is 5.92 Å². The Morgan fingerprint density at radius 1 is 1.12 bits per heavy atom. The third-order valence-corrected chi connectivity index (χ3v) is 5.14. The number of hydrogen-bond donors (Lipinski definition) is 1. The summed E-state index contributed by atoms with van der Waals surface area (Å²) in [7, 11) is 0. The fourth-order valence-electron chi connectivity index (χ4n) is 2.86. The summed E-state index contributed by atoms with van der Waals surface area (Å²) in [6, 6.07) is 18.0. The fourth-order valence-corrected chi connectivity index (χ4v) is 3.70. The Hall–Kier alpha value is -2.50. The lowest BCUT2D eigenvalue weighted by Gasteiger charge is -2.10. The second-order valence-corrected chi connectivity index (χ2v) is 6.89. The van der Waals surface area contributed by atoms with Crippen LogP contribution in [-0.4, -0.2) is 24.1 Å². The predicted octanol–water partition coefficient (Wildman–Crippen LogP) is 4.45. The van der Waals surface area contributed by atoms with E-state index in [1.54, 1.807) is 11.3 Å². The number of carbonyl (C=O) groups excluding carboxylic acids is 1. The van der Waals surface area contributed by atoms with E-state index in [1.807, 2.05) is 47.8 Å². The zero-order chi connectivity index (χ0) is 17.1. The van der Waals surface area contributed by atoms with E-state index in [1.165, 1.54) is 0 Å². The van der Waals surface area contributed by atoms with Crippen LogP contribution in [0.25, 0.3) is 21.8 Å². The highest BCUT2D eigenvalue weighted by Crippen LogP contribution is 2.30. The fraction of sp³-hybridized carbons (Fsp3) is 0.200. The van der Waals surface area contributed by atoms with E-state index in [-0.39, 0.29) is 11.8 Å². The van der Waals surface area contributed by atoms with Crippen molar-refractivity contribution in [2.24, 2.45) is 5.92 Å². The second-order valence-electron chi connectivity index (χ2n) is 6.03. The van der Waals surface area contributed by atoms with Gasteiger partial charge in [0, 0.05) is 28.8 Å². The molecule has 2 heterocycles. The third kappa shape index (κ3) is 3.62. The number of amides is 1. The Bertz CT molecular complexity index is 870. The summed E-state index contributed by atoms with van der Waals surface area (Å²) in [5.74, 6) is -0.0227. The zero-order valence-corrected chi connectivity index (χ0v) is 14.5. The van der Waals surface area contributed by atoms with Gasteiger partial charge < -0.3 is 10.1 Å². The third-order valence-electron chi connectivity index (χ3n) is 4.25. The quantitative estimate of drug-likeness (QED) is 0.756. The molecule has 1 aromatic heterocycles. The summed E-state index contributed by atoms with van der Waals surface area (Å²) in [5.41, 5.74) is 3.83. The average Bonchev–Trinajstić information content (AvgIpc) is 3.35. The van der Waals surface area contributed by atoms with Gasteiger partial charge in [-0.25, -0.2) is 4.98 Å². The molecule has 0 aliphatic carbocycles. The maximum absolute atomic E-state index is 12.2. The molecule has 1 aliphatic heterocycles. The Balaban J connectivity index is 1.53. The molecule has 25 heavy (non-hydrogen) atoms. The van der Waals surface area contributed by atoms with Crippen molar-refractivity contribution in [2.75, 3.05) is 18.5 Å². The lowest BCUT2D eigenvalue weighted by atomic mass is 10.1. The molecule has 0 radical (unpaired) electrons. The summed E-state index contributed by atoms with van der Waals surface area (Å²) >= 11 is 1.62. The lowest BCUT2D eigenvalue weighted by molar-refractivity contribution is -0.119. The van der Waals surface area contributed by atoms with E-state index in [0.29, 0.717) is 13.2 Å². The molecule has 4 nitrogen and oxygen atoms in total. The van der Waals surface area contributed by atoms with Crippen LogP contribution in [0.1, 0.15) is 6.42 Å². The summed E-state index contributed by atoms with van der Waals surface area (Å²) in [5, 5.41) is 6.03. The van der Waals surface area contributed by atoms with E-state index in [9.17, 15) is 4.79 Å². The number of aromatic nitrogens is 1. The van der Waals surface area contributed by atoms with Crippen LogP contribution in [-0.2, 0) is 9.53 Å². The van der Waals surface area contributed by atoms with Gasteiger partial charge in [-0.15, -0.1) is 11.3 Å². The van der Waals surface area contributed by atoms with Gasteiger partial charge in [-0.05, 0) is 18.6 Å². The largest absolute Gasteiger partial charge is 0.381 e. The number of benzene rings is 2. The summed E-state index contributed by atoms with van der Waals surface area (Å²) < 4.78 is 5.28. The van der Waals surface area contributed by atoms with Crippen LogP contribution in [0.4, 0.5) is 5.69 Å². The van der Waals surface area contributed by atoms with Crippen LogP contribution >= 0.6 is 11.3 Å². The van der Waals surface area contributed by atoms with Gasteiger partial charge >= 0.3 is 0 Å². The Morgan fingerprint density at radius 2 is 1.96 bits per heavy atom. The Labute approximate surface area is 150 Å². The molecular formula is C20H18N2O2S. The van der Waals surface area contributed by atoms with Crippen LogP contribution < -0.4 is 5.32 Å². The van der Waals surface area contributed by atoms with Gasteiger partial charge in [-0.2, -0.15) is 0 Å². The molecule has 0 bridgehead atoms. The van der Waals surface area contributed by atoms with Gasteiger partial charge in [-0.1, -0.05) is 42.5 Å². The first kappa shape index (κ1) is 16.0. The number of thiazole rings is 1. The molecule has 1 atom stereocenters. The first-order valence-corrected chi connectivity index (χ1v) is 9.17. The van der Waals surface area contributed by atoms with Gasteiger partial charge in [0.25, 0.3) is 0 Å². The molecule has 1 N–H and O–H groups in total. The highest BCUT2D eigenvalue weighted by atomic mass is 32.1. The van der Waals surface area contributed by atoms with Crippen molar-refractivity contribution in [2.45, 2.75) is 6.42 Å². The minimum absolute atomic E-state index is 0.0258. The predicted molar refractivity (Wildman–Crippen MR) is 101 cm³/mol. The highest BCUT2D eigenvalue weighted by molar-refractivity contribution is 7.13. The van der Waals surface area contributed by atoms with Gasteiger partial charge in [-0.3, -0.25) is 4.79 Å². The molecule has 1 fully saturated rings. The average molecular weight is 350 g/mol. The van der Waals surface area contributed by atoms with Crippen molar-refractivity contribution < 1.29 is 9.53 Å². The first-order valence-electron chi connectivity index (χ1n) is 8.29. The second kappa shape index (κ2) is 7.17. The molecule has 2 aromatic carbocycles. The van der Waals surface area contributed by atoms with Crippen LogP contribution in [0.5, 0.6) is 0 Å². The monoisotopic (exact) mass is 350 g/mol. The van der Waals surface area contributed by atoms with Gasteiger partial charge in [0.15, 0.2) is 0 Å². The topological polar surface area (TPSA) is 51.2 Å². The molecule has 0 spiro atoms. The van der Waals surface area contributed by atoms with Crippen molar-refractivity contribution >= 4 is 22.9 Å². The van der Waals surface area contributed by atoms with Crippen LogP contribution in [0.3, 0.4) is 0 Å². The van der Waals surface area contributed by atoms with Crippen molar-refractivity contribution in [1.82, 2.24) is 4.98 Å². The molecule has 1 saturated heterocycles. The van der Waals surface area contributed by atoms with Gasteiger partial charge in [0.05, 0.1) is 18.2 Å². The molecular weight excluding hydrogens is 332 g/mol. The standard InChI is InChI=1S/C20H18N2O2S/c23-19(16-9-10-24-12-16)21-17-8-4-7-15(11-17)18-13-25-20(22-18)14-5-2-1-3-6-14/h1-8,11,13,16H,9-10,12H2,(H,21,23)/t16-/m0/s1. The maximum Gasteiger partial charge on any atom is 0.229 e. The highest BCUT2D eigenvalue weighted by Gasteiger charge is 2.23. The summed E-state index contributed by atoms with van der Waals surface area (Å²) in [6.45, 7) is 1.18. The SMILES string of the molecule is O=C(Nc1cccc(-c2csc(-c3ccccc3)n2)c1)[C@H]1CCOC1. The normalized spacial score (nSPS) is 16.7. The minimum Gasteiger partial charge on any atom is -0.381 e. The number of nitrogens with zero attached hydrogens (tertiary/aromatic N) is 1. The number of hydrogen-bond acceptors (Lipinski definition) is 4. The van der Waals surface area contributed by atoms with Crippen molar-refractivity contribution in [3.63, 3.8) is 0 Å². The van der Waals surface area contributed by atoms with Gasteiger partial charge in [0.1, 0.15) is 5.01 Å². The van der Waals surface area contributed by atoms with Gasteiger partial charge in [0.2, 0.25) is 5.91 Å². The smallest absolute Gasteiger partial charge is 0.229 e. The Morgan fingerprint density at radius 3 is 2.76 bits per heavy atom. The number of anilines is 1. The first-order chi connectivity index (χ1) is 12.3. The van der Waals surface area contributed by atoms with Crippen LogP contribution in [0.15, 0.2) is 60.0 Å². The number of ether oxygens (including phenoxy) is 1. The molecule has 5 heteroatoms. The van der Waals surface area contributed by atoms with E-state index in [0.717, 1.165) is 33.9 Å². The van der Waals surface area contributed by atoms with E-state index in [2.05, 4.69) is 17.4 Å². The maximum atomic E-state index is 12.2. The molecule has 3 aromatic rings. The minimum atomic E-state index is -0.0485. The molecule has 1 aliphatic rings.